The van der Waals surface area contributed by atoms with Gasteiger partial charge in [-0.05, 0) is 67.6 Å². The highest BCUT2D eigenvalue weighted by atomic mass is 35.5. The summed E-state index contributed by atoms with van der Waals surface area (Å²) in [5.41, 5.74) is 3.55. The normalized spacial score (nSPS) is 17.1. The third-order valence-corrected chi connectivity index (χ3v) is 8.64. The SMILES string of the molecule is CCC(C(=O)N1CCC[C@H](CNC(N)=O)C1)N(c1cc(C(F)(F)F)ccc1Cl)S(=O)(=O)c1ccc(Cl)cc1. The van der Waals surface area contributed by atoms with E-state index in [-0.39, 0.29) is 40.4 Å². The van der Waals surface area contributed by atoms with Crippen molar-refractivity contribution in [3.05, 3.63) is 58.1 Å². The summed E-state index contributed by atoms with van der Waals surface area (Å²) in [7, 11) is -4.58. The van der Waals surface area contributed by atoms with Gasteiger partial charge in [-0.3, -0.25) is 9.10 Å². The van der Waals surface area contributed by atoms with Gasteiger partial charge < -0.3 is 16.0 Å². The van der Waals surface area contributed by atoms with Crippen LogP contribution in [0.3, 0.4) is 0 Å². The molecule has 38 heavy (non-hydrogen) atoms. The van der Waals surface area contributed by atoms with Crippen LogP contribution in [0.5, 0.6) is 0 Å². The number of alkyl halides is 3. The molecule has 1 saturated heterocycles. The van der Waals surface area contributed by atoms with Crippen LogP contribution in [0.4, 0.5) is 23.7 Å². The van der Waals surface area contributed by atoms with Crippen LogP contribution in [0.15, 0.2) is 47.4 Å². The highest BCUT2D eigenvalue weighted by Gasteiger charge is 2.41. The lowest BCUT2D eigenvalue weighted by Crippen LogP contribution is -2.54. The minimum absolute atomic E-state index is 0.0566. The first kappa shape index (κ1) is 29.9. The van der Waals surface area contributed by atoms with Crippen LogP contribution in [-0.2, 0) is 21.0 Å². The topological polar surface area (TPSA) is 113 Å². The molecular formula is C24H27Cl2F3N4O4S. The molecule has 0 spiro atoms. The molecule has 208 valence electrons. The molecule has 1 heterocycles. The van der Waals surface area contributed by atoms with Crippen LogP contribution in [-0.4, -0.2) is 50.9 Å². The van der Waals surface area contributed by atoms with Crippen LogP contribution >= 0.6 is 23.2 Å². The van der Waals surface area contributed by atoms with Gasteiger partial charge in [0.05, 0.1) is 21.2 Å². The van der Waals surface area contributed by atoms with Crippen molar-refractivity contribution in [2.24, 2.45) is 11.7 Å². The number of carbonyl (C=O) groups excluding carboxylic acids is 2. The lowest BCUT2D eigenvalue weighted by Gasteiger charge is -2.38. The highest BCUT2D eigenvalue weighted by molar-refractivity contribution is 7.93. The molecule has 0 aliphatic carbocycles. The van der Waals surface area contributed by atoms with E-state index in [0.717, 1.165) is 12.1 Å². The van der Waals surface area contributed by atoms with Crippen molar-refractivity contribution >= 4 is 50.9 Å². The van der Waals surface area contributed by atoms with E-state index in [2.05, 4.69) is 5.32 Å². The number of urea groups is 1. The maximum absolute atomic E-state index is 13.9. The zero-order chi connectivity index (χ0) is 28.3. The summed E-state index contributed by atoms with van der Waals surface area (Å²) in [6, 6.07) is 5.26. The molecule has 8 nitrogen and oxygen atoms in total. The molecule has 3 N–H and O–H groups in total. The number of amides is 3. The first-order valence-corrected chi connectivity index (χ1v) is 13.9. The number of hydrogen-bond donors (Lipinski definition) is 2. The second-order valence-electron chi connectivity index (χ2n) is 8.88. The summed E-state index contributed by atoms with van der Waals surface area (Å²) in [6.07, 6.45) is -3.55. The number of primary amides is 1. The fourth-order valence-electron chi connectivity index (χ4n) is 4.37. The van der Waals surface area contributed by atoms with E-state index in [1.54, 1.807) is 6.92 Å². The maximum Gasteiger partial charge on any atom is 0.416 e. The van der Waals surface area contributed by atoms with Crippen molar-refractivity contribution in [1.29, 1.82) is 0 Å². The number of carbonyl (C=O) groups is 2. The molecule has 1 aliphatic heterocycles. The number of benzene rings is 2. The van der Waals surface area contributed by atoms with Gasteiger partial charge in [0, 0.05) is 24.7 Å². The largest absolute Gasteiger partial charge is 0.416 e. The van der Waals surface area contributed by atoms with Gasteiger partial charge >= 0.3 is 12.2 Å². The van der Waals surface area contributed by atoms with Gasteiger partial charge in [-0.2, -0.15) is 13.2 Å². The Morgan fingerprint density at radius 1 is 1.18 bits per heavy atom. The minimum atomic E-state index is -4.78. The van der Waals surface area contributed by atoms with Gasteiger partial charge in [0.1, 0.15) is 6.04 Å². The number of hydrogen-bond acceptors (Lipinski definition) is 4. The minimum Gasteiger partial charge on any atom is -0.352 e. The fourth-order valence-corrected chi connectivity index (χ4v) is 6.45. The van der Waals surface area contributed by atoms with E-state index in [9.17, 15) is 31.2 Å². The maximum atomic E-state index is 13.9. The van der Waals surface area contributed by atoms with E-state index in [1.807, 2.05) is 0 Å². The Bertz CT molecular complexity index is 1280. The number of halogens is 5. The second kappa shape index (κ2) is 12.0. The van der Waals surface area contributed by atoms with E-state index < -0.39 is 45.4 Å². The van der Waals surface area contributed by atoms with Crippen LogP contribution in [0, 0.1) is 5.92 Å². The van der Waals surface area contributed by atoms with E-state index in [4.69, 9.17) is 28.9 Å². The number of rotatable bonds is 8. The molecule has 0 saturated carbocycles. The summed E-state index contributed by atoms with van der Waals surface area (Å²) in [5, 5.41) is 2.48. The Balaban J connectivity index is 2.10. The fraction of sp³-hybridized carbons (Fsp3) is 0.417. The summed E-state index contributed by atoms with van der Waals surface area (Å²) in [4.78, 5) is 26.1. The summed E-state index contributed by atoms with van der Waals surface area (Å²) >= 11 is 12.2. The van der Waals surface area contributed by atoms with E-state index in [1.165, 1.54) is 29.2 Å². The van der Waals surface area contributed by atoms with Crippen molar-refractivity contribution < 1.29 is 31.2 Å². The van der Waals surface area contributed by atoms with Gasteiger partial charge in [-0.1, -0.05) is 30.1 Å². The number of anilines is 1. The van der Waals surface area contributed by atoms with Crippen molar-refractivity contribution in [3.8, 4) is 0 Å². The zero-order valence-electron chi connectivity index (χ0n) is 20.3. The van der Waals surface area contributed by atoms with Crippen molar-refractivity contribution in [3.63, 3.8) is 0 Å². The van der Waals surface area contributed by atoms with Crippen molar-refractivity contribution in [2.75, 3.05) is 23.9 Å². The first-order chi connectivity index (χ1) is 17.8. The first-order valence-electron chi connectivity index (χ1n) is 11.7. The van der Waals surface area contributed by atoms with Crippen molar-refractivity contribution in [2.45, 2.75) is 43.3 Å². The Morgan fingerprint density at radius 3 is 2.42 bits per heavy atom. The number of nitrogens with zero attached hydrogens (tertiary/aromatic N) is 2. The molecule has 2 aromatic carbocycles. The molecule has 1 unspecified atom stereocenters. The summed E-state index contributed by atoms with van der Waals surface area (Å²) < 4.78 is 69.2. The number of likely N-dealkylation sites (tertiary alicyclic amines) is 1. The van der Waals surface area contributed by atoms with E-state index >= 15 is 0 Å². The molecule has 0 aromatic heterocycles. The Morgan fingerprint density at radius 2 is 1.84 bits per heavy atom. The number of piperidine rings is 1. The molecule has 0 radical (unpaired) electrons. The predicted molar refractivity (Wildman–Crippen MR) is 139 cm³/mol. The average Bonchev–Trinajstić information content (AvgIpc) is 2.86. The molecule has 2 aromatic rings. The zero-order valence-corrected chi connectivity index (χ0v) is 22.7. The summed E-state index contributed by atoms with van der Waals surface area (Å²) in [6.45, 7) is 2.31. The van der Waals surface area contributed by atoms with Gasteiger partial charge in [0.25, 0.3) is 10.0 Å². The van der Waals surface area contributed by atoms with E-state index in [0.29, 0.717) is 29.8 Å². The molecule has 0 bridgehead atoms. The molecular weight excluding hydrogens is 568 g/mol. The van der Waals surface area contributed by atoms with Crippen LogP contribution in [0.1, 0.15) is 31.7 Å². The average molecular weight is 595 g/mol. The quantitative estimate of drug-likeness (QED) is 0.453. The predicted octanol–water partition coefficient (Wildman–Crippen LogP) is 4.89. The summed E-state index contributed by atoms with van der Waals surface area (Å²) in [5.74, 6) is -0.724. The lowest BCUT2D eigenvalue weighted by atomic mass is 9.97. The van der Waals surface area contributed by atoms with Gasteiger partial charge in [0.2, 0.25) is 5.91 Å². The number of nitrogens with one attached hydrogen (secondary N) is 1. The Kier molecular flexibility index (Phi) is 9.43. The highest BCUT2D eigenvalue weighted by Crippen LogP contribution is 2.39. The Hall–Kier alpha value is -2.70. The molecule has 3 rings (SSSR count). The number of sulfonamides is 1. The third kappa shape index (κ3) is 6.83. The molecule has 3 amide bonds. The molecule has 14 heteroatoms. The Labute approximate surface area is 228 Å². The number of nitrogens with two attached hydrogens (primary N) is 1. The second-order valence-corrected chi connectivity index (χ2v) is 11.5. The lowest BCUT2D eigenvalue weighted by molar-refractivity contribution is -0.137. The monoisotopic (exact) mass is 594 g/mol. The van der Waals surface area contributed by atoms with Gasteiger partial charge in [-0.15, -0.1) is 0 Å². The van der Waals surface area contributed by atoms with Crippen LogP contribution < -0.4 is 15.4 Å². The van der Waals surface area contributed by atoms with Gasteiger partial charge in [-0.25, -0.2) is 13.2 Å². The van der Waals surface area contributed by atoms with Crippen molar-refractivity contribution in [1.82, 2.24) is 10.2 Å². The molecule has 2 atom stereocenters. The standard InChI is InChI=1S/C24H27Cl2F3N4O4S/c1-2-20(22(34)32-11-3-4-15(14-32)13-31-23(30)35)33(38(36,37)18-8-6-17(25)7-9-18)21-12-16(24(27,28)29)5-10-19(21)26/h5-10,12,15,20H,2-4,11,13-14H2,1H3,(H3,30,31,35)/t15-,20?/m1/s1. The van der Waals surface area contributed by atoms with Crippen LogP contribution in [0.2, 0.25) is 10.0 Å². The smallest absolute Gasteiger partial charge is 0.352 e. The van der Waals surface area contributed by atoms with Gasteiger partial charge in [0.15, 0.2) is 0 Å². The molecule has 1 aliphatic rings. The third-order valence-electron chi connectivity index (χ3n) is 6.23. The van der Waals surface area contributed by atoms with Crippen LogP contribution in [0.25, 0.3) is 0 Å². The molecule has 1 fully saturated rings.